The molecule has 0 fully saturated rings. The first kappa shape index (κ1) is 16.3. The molecular formula is C19H24N4O. The van der Waals surface area contributed by atoms with Gasteiger partial charge in [0.15, 0.2) is 0 Å². The van der Waals surface area contributed by atoms with E-state index >= 15 is 0 Å². The van der Waals surface area contributed by atoms with Crippen LogP contribution in [-0.4, -0.2) is 20.7 Å². The second kappa shape index (κ2) is 6.15. The molecule has 5 heteroatoms. The Bertz CT molecular complexity index is 904. The van der Waals surface area contributed by atoms with Crippen LogP contribution in [0.5, 0.6) is 0 Å². The summed E-state index contributed by atoms with van der Waals surface area (Å²) in [6, 6.07) is 6.23. The number of aromatic nitrogens is 3. The zero-order chi connectivity index (χ0) is 17.4. The van der Waals surface area contributed by atoms with Gasteiger partial charge in [-0.05, 0) is 45.4 Å². The monoisotopic (exact) mass is 324 g/mol. The van der Waals surface area contributed by atoms with E-state index < -0.39 is 0 Å². The summed E-state index contributed by atoms with van der Waals surface area (Å²) in [6.07, 6.45) is 2.19. The lowest BCUT2D eigenvalue weighted by Crippen LogP contribution is -2.28. The predicted molar refractivity (Wildman–Crippen MR) is 96.0 cm³/mol. The SMILES string of the molecule is Cc1ccc2[nH]c(C)c(CC(=O)N[C@H](C)c3cnn(C)c3C)c2c1. The molecule has 0 saturated heterocycles. The molecule has 1 amide bonds. The van der Waals surface area contributed by atoms with Crippen molar-refractivity contribution in [1.82, 2.24) is 20.1 Å². The normalized spacial score (nSPS) is 12.5. The Morgan fingerprint density at radius 1 is 1.33 bits per heavy atom. The van der Waals surface area contributed by atoms with E-state index in [-0.39, 0.29) is 11.9 Å². The molecule has 0 aliphatic rings. The van der Waals surface area contributed by atoms with Crippen LogP contribution in [0, 0.1) is 20.8 Å². The Labute approximate surface area is 142 Å². The predicted octanol–water partition coefficient (Wildman–Crippen LogP) is 3.25. The van der Waals surface area contributed by atoms with E-state index in [0.29, 0.717) is 6.42 Å². The topological polar surface area (TPSA) is 62.7 Å². The van der Waals surface area contributed by atoms with Crippen LogP contribution in [0.15, 0.2) is 24.4 Å². The van der Waals surface area contributed by atoms with Crippen molar-refractivity contribution in [3.05, 3.63) is 52.5 Å². The first-order chi connectivity index (χ1) is 11.4. The molecule has 2 aromatic heterocycles. The van der Waals surface area contributed by atoms with Crippen LogP contribution in [0.1, 0.15) is 41.0 Å². The Morgan fingerprint density at radius 2 is 2.08 bits per heavy atom. The molecular weight excluding hydrogens is 300 g/mol. The number of hydrogen-bond donors (Lipinski definition) is 2. The second-order valence-corrected chi connectivity index (χ2v) is 6.55. The van der Waals surface area contributed by atoms with Crippen molar-refractivity contribution in [2.24, 2.45) is 7.05 Å². The molecule has 0 saturated carbocycles. The van der Waals surface area contributed by atoms with Gasteiger partial charge in [0, 0.05) is 34.9 Å². The average molecular weight is 324 g/mol. The lowest BCUT2D eigenvalue weighted by atomic mass is 10.0. The van der Waals surface area contributed by atoms with Gasteiger partial charge in [-0.15, -0.1) is 0 Å². The summed E-state index contributed by atoms with van der Waals surface area (Å²) in [5.74, 6) is 0.0243. The first-order valence-electron chi connectivity index (χ1n) is 8.22. The van der Waals surface area contributed by atoms with Crippen LogP contribution in [0.2, 0.25) is 0 Å². The maximum atomic E-state index is 12.5. The Morgan fingerprint density at radius 3 is 2.75 bits per heavy atom. The maximum absolute atomic E-state index is 12.5. The number of benzene rings is 1. The Balaban J connectivity index is 1.79. The minimum Gasteiger partial charge on any atom is -0.358 e. The number of nitrogens with one attached hydrogen (secondary N) is 2. The number of H-pyrrole nitrogens is 1. The quantitative estimate of drug-likeness (QED) is 0.774. The molecule has 126 valence electrons. The van der Waals surface area contributed by atoms with Crippen molar-refractivity contribution < 1.29 is 4.79 Å². The molecule has 2 heterocycles. The van der Waals surface area contributed by atoms with Crippen LogP contribution in [0.4, 0.5) is 0 Å². The van der Waals surface area contributed by atoms with E-state index in [1.807, 2.05) is 38.7 Å². The summed E-state index contributed by atoms with van der Waals surface area (Å²) in [5, 5.41) is 8.47. The molecule has 24 heavy (non-hydrogen) atoms. The zero-order valence-electron chi connectivity index (χ0n) is 14.9. The van der Waals surface area contributed by atoms with Gasteiger partial charge in [0.05, 0.1) is 18.7 Å². The zero-order valence-corrected chi connectivity index (χ0v) is 14.9. The minimum absolute atomic E-state index is 0.0243. The third-order valence-electron chi connectivity index (χ3n) is 4.73. The third-order valence-corrected chi connectivity index (χ3v) is 4.73. The Kier molecular flexibility index (Phi) is 4.18. The van der Waals surface area contributed by atoms with Crippen LogP contribution in [0.25, 0.3) is 10.9 Å². The molecule has 3 rings (SSSR count). The minimum atomic E-state index is -0.0570. The van der Waals surface area contributed by atoms with E-state index in [2.05, 4.69) is 40.5 Å². The maximum Gasteiger partial charge on any atom is 0.224 e. The lowest BCUT2D eigenvalue weighted by Gasteiger charge is -2.14. The fraction of sp³-hybridized carbons (Fsp3) is 0.368. The molecule has 5 nitrogen and oxygen atoms in total. The summed E-state index contributed by atoms with van der Waals surface area (Å²) in [4.78, 5) is 15.9. The highest BCUT2D eigenvalue weighted by Gasteiger charge is 2.17. The van der Waals surface area contributed by atoms with Crippen LogP contribution < -0.4 is 5.32 Å². The van der Waals surface area contributed by atoms with Gasteiger partial charge in [0.1, 0.15) is 0 Å². The number of aromatic amines is 1. The first-order valence-corrected chi connectivity index (χ1v) is 8.22. The van der Waals surface area contributed by atoms with Gasteiger partial charge < -0.3 is 10.3 Å². The average Bonchev–Trinajstić information content (AvgIpc) is 3.00. The number of nitrogens with zero attached hydrogens (tertiary/aromatic N) is 2. The number of carbonyl (C=O) groups is 1. The van der Waals surface area contributed by atoms with Crippen LogP contribution in [0.3, 0.4) is 0 Å². The van der Waals surface area contributed by atoms with Crippen molar-refractivity contribution in [1.29, 1.82) is 0 Å². The van der Waals surface area contributed by atoms with Gasteiger partial charge in [-0.25, -0.2) is 0 Å². The van der Waals surface area contributed by atoms with E-state index in [1.165, 1.54) is 5.56 Å². The van der Waals surface area contributed by atoms with E-state index in [9.17, 15) is 4.79 Å². The molecule has 0 radical (unpaired) electrons. The molecule has 1 aromatic carbocycles. The van der Waals surface area contributed by atoms with Crippen LogP contribution in [-0.2, 0) is 18.3 Å². The fourth-order valence-corrected chi connectivity index (χ4v) is 3.20. The van der Waals surface area contributed by atoms with Crippen molar-refractivity contribution >= 4 is 16.8 Å². The highest BCUT2D eigenvalue weighted by atomic mass is 16.1. The highest BCUT2D eigenvalue weighted by molar-refractivity contribution is 5.90. The van der Waals surface area contributed by atoms with Crippen molar-refractivity contribution in [3.8, 4) is 0 Å². The fourth-order valence-electron chi connectivity index (χ4n) is 3.20. The molecule has 2 N–H and O–H groups in total. The number of aryl methyl sites for hydroxylation is 3. The number of fused-ring (bicyclic) bond motifs is 1. The standard InChI is InChI=1S/C19H24N4O/c1-11-6-7-18-16(8-11)15(12(2)21-18)9-19(24)22-13(3)17-10-20-23(5)14(17)4/h6-8,10,13,21H,9H2,1-5H3,(H,22,24)/t13-/m1/s1. The van der Waals surface area contributed by atoms with Crippen molar-refractivity contribution in [2.75, 3.05) is 0 Å². The van der Waals surface area contributed by atoms with Crippen molar-refractivity contribution in [3.63, 3.8) is 0 Å². The number of rotatable bonds is 4. The molecule has 0 spiro atoms. The van der Waals surface area contributed by atoms with Crippen LogP contribution >= 0.6 is 0 Å². The van der Waals surface area contributed by atoms with Gasteiger partial charge in [-0.2, -0.15) is 5.10 Å². The number of carbonyl (C=O) groups excluding carboxylic acids is 1. The molecule has 0 aliphatic carbocycles. The Hall–Kier alpha value is -2.56. The largest absolute Gasteiger partial charge is 0.358 e. The molecule has 0 unspecified atom stereocenters. The van der Waals surface area contributed by atoms with Gasteiger partial charge in [0.25, 0.3) is 0 Å². The summed E-state index contributed by atoms with van der Waals surface area (Å²) >= 11 is 0. The lowest BCUT2D eigenvalue weighted by molar-refractivity contribution is -0.121. The summed E-state index contributed by atoms with van der Waals surface area (Å²) in [7, 11) is 1.91. The molecule has 0 bridgehead atoms. The second-order valence-electron chi connectivity index (χ2n) is 6.55. The van der Waals surface area contributed by atoms with Crippen molar-refractivity contribution in [2.45, 2.75) is 40.2 Å². The van der Waals surface area contributed by atoms with Gasteiger partial charge in [-0.1, -0.05) is 11.6 Å². The van der Waals surface area contributed by atoms with Gasteiger partial charge in [-0.3, -0.25) is 9.48 Å². The summed E-state index contributed by atoms with van der Waals surface area (Å²) < 4.78 is 1.82. The third kappa shape index (κ3) is 2.94. The molecule has 0 aliphatic heterocycles. The van der Waals surface area contributed by atoms with Gasteiger partial charge in [0.2, 0.25) is 5.91 Å². The smallest absolute Gasteiger partial charge is 0.224 e. The summed E-state index contributed by atoms with van der Waals surface area (Å²) in [6.45, 7) is 8.09. The van der Waals surface area contributed by atoms with Gasteiger partial charge >= 0.3 is 0 Å². The molecule has 3 aromatic rings. The summed E-state index contributed by atoms with van der Waals surface area (Å²) in [5.41, 5.74) is 6.52. The van der Waals surface area contributed by atoms with E-state index in [4.69, 9.17) is 0 Å². The molecule has 1 atom stereocenters. The number of hydrogen-bond acceptors (Lipinski definition) is 2. The van der Waals surface area contributed by atoms with E-state index in [1.54, 1.807) is 0 Å². The number of amides is 1. The van der Waals surface area contributed by atoms with E-state index in [0.717, 1.165) is 33.4 Å². The highest BCUT2D eigenvalue weighted by Crippen LogP contribution is 2.24.